The van der Waals surface area contributed by atoms with Crippen LogP contribution < -0.4 is 10.5 Å². The minimum atomic E-state index is 0.645. The molecule has 3 nitrogen and oxygen atoms in total. The standard InChI is InChI=1S/C15H14N2O/c1-2-18-10-7-8-14-12(9-10)15(16)11-5-3-4-6-13(11)17-14/h3-9H,2H2,1H3,(H2,16,17). The Morgan fingerprint density at radius 3 is 2.67 bits per heavy atom. The van der Waals surface area contributed by atoms with Crippen LogP contribution in [0.3, 0.4) is 0 Å². The van der Waals surface area contributed by atoms with Gasteiger partial charge >= 0.3 is 0 Å². The molecule has 1 heterocycles. The molecule has 0 saturated carbocycles. The number of nitrogens with zero attached hydrogens (tertiary/aromatic N) is 1. The van der Waals surface area contributed by atoms with Crippen molar-refractivity contribution in [3.8, 4) is 5.75 Å². The molecule has 0 aliphatic heterocycles. The molecule has 3 aromatic rings. The molecule has 0 aliphatic carbocycles. The van der Waals surface area contributed by atoms with E-state index in [1.54, 1.807) is 0 Å². The van der Waals surface area contributed by atoms with Crippen LogP contribution in [0.5, 0.6) is 5.75 Å². The number of hydrogen-bond acceptors (Lipinski definition) is 3. The Morgan fingerprint density at radius 2 is 1.83 bits per heavy atom. The van der Waals surface area contributed by atoms with Gasteiger partial charge in [-0.1, -0.05) is 18.2 Å². The highest BCUT2D eigenvalue weighted by atomic mass is 16.5. The number of nitrogens with two attached hydrogens (primary N) is 1. The fourth-order valence-electron chi connectivity index (χ4n) is 2.16. The van der Waals surface area contributed by atoms with Gasteiger partial charge in [-0.15, -0.1) is 0 Å². The molecule has 0 saturated heterocycles. The summed E-state index contributed by atoms with van der Waals surface area (Å²) < 4.78 is 5.50. The molecule has 0 amide bonds. The molecule has 0 atom stereocenters. The number of rotatable bonds is 2. The lowest BCUT2D eigenvalue weighted by atomic mass is 10.1. The van der Waals surface area contributed by atoms with Crippen molar-refractivity contribution in [2.24, 2.45) is 0 Å². The van der Waals surface area contributed by atoms with Crippen LogP contribution in [0.25, 0.3) is 21.8 Å². The Hall–Kier alpha value is -2.29. The summed E-state index contributed by atoms with van der Waals surface area (Å²) in [6.45, 7) is 2.61. The van der Waals surface area contributed by atoms with E-state index in [1.165, 1.54) is 0 Å². The maximum absolute atomic E-state index is 6.22. The van der Waals surface area contributed by atoms with E-state index in [0.717, 1.165) is 33.2 Å². The van der Waals surface area contributed by atoms with Crippen molar-refractivity contribution in [3.05, 3.63) is 42.5 Å². The van der Waals surface area contributed by atoms with Gasteiger partial charge in [-0.05, 0) is 31.2 Å². The number of hydrogen-bond donors (Lipinski definition) is 1. The van der Waals surface area contributed by atoms with Crippen molar-refractivity contribution in [2.75, 3.05) is 12.3 Å². The first kappa shape index (κ1) is 10.8. The predicted molar refractivity (Wildman–Crippen MR) is 74.8 cm³/mol. The van der Waals surface area contributed by atoms with E-state index >= 15 is 0 Å². The molecule has 1 aromatic heterocycles. The number of benzene rings is 2. The van der Waals surface area contributed by atoms with E-state index < -0.39 is 0 Å². The summed E-state index contributed by atoms with van der Waals surface area (Å²) in [7, 11) is 0. The summed E-state index contributed by atoms with van der Waals surface area (Å²) >= 11 is 0. The molecule has 0 bridgehead atoms. The zero-order valence-electron chi connectivity index (χ0n) is 10.2. The van der Waals surface area contributed by atoms with E-state index in [1.807, 2.05) is 49.4 Å². The van der Waals surface area contributed by atoms with E-state index in [9.17, 15) is 0 Å². The molecule has 3 heteroatoms. The van der Waals surface area contributed by atoms with Crippen LogP contribution in [0.4, 0.5) is 5.69 Å². The quantitative estimate of drug-likeness (QED) is 0.696. The Kier molecular flexibility index (Phi) is 2.52. The molecule has 90 valence electrons. The Bertz CT molecular complexity index is 722. The summed E-state index contributed by atoms with van der Waals surface area (Å²) in [6, 6.07) is 13.7. The number of anilines is 1. The maximum atomic E-state index is 6.22. The topological polar surface area (TPSA) is 48.1 Å². The van der Waals surface area contributed by atoms with Crippen LogP contribution >= 0.6 is 0 Å². The molecule has 3 rings (SSSR count). The molecule has 0 unspecified atom stereocenters. The monoisotopic (exact) mass is 238 g/mol. The lowest BCUT2D eigenvalue weighted by molar-refractivity contribution is 0.341. The molecule has 2 aromatic carbocycles. The van der Waals surface area contributed by atoms with Gasteiger partial charge in [0.1, 0.15) is 5.75 Å². The molecular weight excluding hydrogens is 224 g/mol. The number of nitrogen functional groups attached to an aromatic ring is 1. The zero-order valence-corrected chi connectivity index (χ0v) is 10.2. The van der Waals surface area contributed by atoms with Crippen LogP contribution in [-0.2, 0) is 0 Å². The molecule has 2 N–H and O–H groups in total. The summed E-state index contributed by atoms with van der Waals surface area (Å²) in [5.41, 5.74) is 8.81. The van der Waals surface area contributed by atoms with E-state index in [-0.39, 0.29) is 0 Å². The van der Waals surface area contributed by atoms with Gasteiger partial charge < -0.3 is 10.5 Å². The van der Waals surface area contributed by atoms with E-state index in [2.05, 4.69) is 4.98 Å². The maximum Gasteiger partial charge on any atom is 0.120 e. The average molecular weight is 238 g/mol. The highest BCUT2D eigenvalue weighted by Gasteiger charge is 2.06. The fraction of sp³-hybridized carbons (Fsp3) is 0.133. The third kappa shape index (κ3) is 1.64. The Morgan fingerprint density at radius 1 is 1.06 bits per heavy atom. The number of para-hydroxylation sites is 1. The molecular formula is C15H14N2O. The molecule has 18 heavy (non-hydrogen) atoms. The second-order valence-electron chi connectivity index (χ2n) is 4.15. The second kappa shape index (κ2) is 4.18. The summed E-state index contributed by atoms with van der Waals surface area (Å²) in [5, 5.41) is 1.93. The second-order valence-corrected chi connectivity index (χ2v) is 4.15. The molecule has 0 fully saturated rings. The first-order chi connectivity index (χ1) is 8.79. The number of aromatic nitrogens is 1. The number of ether oxygens (including phenoxy) is 1. The van der Waals surface area contributed by atoms with Gasteiger partial charge in [0.25, 0.3) is 0 Å². The van der Waals surface area contributed by atoms with Crippen LogP contribution in [0, 0.1) is 0 Å². The van der Waals surface area contributed by atoms with Crippen LogP contribution in [0.15, 0.2) is 42.5 Å². The smallest absolute Gasteiger partial charge is 0.120 e. The average Bonchev–Trinajstić information content (AvgIpc) is 2.40. The molecule has 0 radical (unpaired) electrons. The van der Waals surface area contributed by atoms with Crippen molar-refractivity contribution >= 4 is 27.5 Å². The van der Waals surface area contributed by atoms with Gasteiger partial charge in [0.15, 0.2) is 0 Å². The summed E-state index contributed by atoms with van der Waals surface area (Å²) in [6.07, 6.45) is 0. The largest absolute Gasteiger partial charge is 0.494 e. The van der Waals surface area contributed by atoms with Gasteiger partial charge in [-0.2, -0.15) is 0 Å². The molecule has 0 spiro atoms. The van der Waals surface area contributed by atoms with Crippen molar-refractivity contribution in [2.45, 2.75) is 6.92 Å². The number of fused-ring (bicyclic) bond motifs is 2. The summed E-state index contributed by atoms with van der Waals surface area (Å²) in [4.78, 5) is 4.60. The number of pyridine rings is 1. The van der Waals surface area contributed by atoms with E-state index in [0.29, 0.717) is 6.61 Å². The normalized spacial score (nSPS) is 10.9. The van der Waals surface area contributed by atoms with Crippen molar-refractivity contribution in [1.29, 1.82) is 0 Å². The Labute approximate surface area is 105 Å². The fourth-order valence-corrected chi connectivity index (χ4v) is 2.16. The summed E-state index contributed by atoms with van der Waals surface area (Å²) in [5.74, 6) is 0.828. The van der Waals surface area contributed by atoms with Crippen molar-refractivity contribution in [1.82, 2.24) is 4.98 Å². The molecule has 0 aliphatic rings. The van der Waals surface area contributed by atoms with E-state index in [4.69, 9.17) is 10.5 Å². The van der Waals surface area contributed by atoms with Crippen LogP contribution in [0.2, 0.25) is 0 Å². The van der Waals surface area contributed by atoms with Gasteiger partial charge in [0.2, 0.25) is 0 Å². The first-order valence-electron chi connectivity index (χ1n) is 6.00. The third-order valence-corrected chi connectivity index (χ3v) is 3.00. The van der Waals surface area contributed by atoms with Gasteiger partial charge in [0, 0.05) is 10.8 Å². The zero-order chi connectivity index (χ0) is 12.5. The van der Waals surface area contributed by atoms with Gasteiger partial charge in [-0.25, -0.2) is 4.98 Å². The van der Waals surface area contributed by atoms with Gasteiger partial charge in [-0.3, -0.25) is 0 Å². The first-order valence-corrected chi connectivity index (χ1v) is 6.00. The van der Waals surface area contributed by atoms with Crippen LogP contribution in [-0.4, -0.2) is 11.6 Å². The minimum absolute atomic E-state index is 0.645. The highest BCUT2D eigenvalue weighted by molar-refractivity contribution is 6.06. The third-order valence-electron chi connectivity index (χ3n) is 3.00. The van der Waals surface area contributed by atoms with Crippen LogP contribution in [0.1, 0.15) is 6.92 Å². The van der Waals surface area contributed by atoms with Crippen molar-refractivity contribution in [3.63, 3.8) is 0 Å². The van der Waals surface area contributed by atoms with Gasteiger partial charge in [0.05, 0.1) is 23.3 Å². The SMILES string of the molecule is CCOc1ccc2nc3ccccc3c(N)c2c1. The lowest BCUT2D eigenvalue weighted by Gasteiger charge is -2.08. The highest BCUT2D eigenvalue weighted by Crippen LogP contribution is 2.30. The minimum Gasteiger partial charge on any atom is -0.494 e. The Balaban J connectivity index is 2.34. The van der Waals surface area contributed by atoms with Crippen molar-refractivity contribution < 1.29 is 4.74 Å². The predicted octanol–water partition coefficient (Wildman–Crippen LogP) is 3.37. The lowest BCUT2D eigenvalue weighted by Crippen LogP contribution is -1.95.